The Labute approximate surface area is 140 Å². The molecular weight excluding hydrogens is 345 g/mol. The van der Waals surface area contributed by atoms with Crippen LogP contribution in [0.3, 0.4) is 0 Å². The summed E-state index contributed by atoms with van der Waals surface area (Å²) in [5, 5.41) is 2.71. The number of urea groups is 1. The first-order valence-electron chi connectivity index (χ1n) is 7.03. The van der Waals surface area contributed by atoms with Gasteiger partial charge in [0.25, 0.3) is 0 Å². The van der Waals surface area contributed by atoms with Crippen LogP contribution in [0.4, 0.5) is 29.3 Å². The number of halogens is 4. The van der Waals surface area contributed by atoms with Crippen LogP contribution in [0.25, 0.3) is 0 Å². The highest BCUT2D eigenvalue weighted by molar-refractivity contribution is 6.31. The van der Waals surface area contributed by atoms with Crippen molar-refractivity contribution in [2.24, 2.45) is 0 Å². The third-order valence-corrected chi connectivity index (χ3v) is 3.74. The number of anilines is 2. The van der Waals surface area contributed by atoms with Gasteiger partial charge in [0, 0.05) is 5.02 Å². The lowest BCUT2D eigenvalue weighted by Gasteiger charge is -2.30. The zero-order valence-electron chi connectivity index (χ0n) is 12.2. The molecule has 0 unspecified atom stereocenters. The van der Waals surface area contributed by atoms with Crippen LogP contribution < -0.4 is 15.0 Å². The third kappa shape index (κ3) is 3.26. The lowest BCUT2D eigenvalue weighted by molar-refractivity contribution is -0.136. The molecule has 0 atom stereocenters. The lowest BCUT2D eigenvalue weighted by Crippen LogP contribution is -2.41. The smallest absolute Gasteiger partial charge is 0.418 e. The number of nitrogens with zero attached hydrogens (tertiary/aromatic N) is 1. The van der Waals surface area contributed by atoms with Crippen LogP contribution >= 0.6 is 11.6 Å². The fourth-order valence-electron chi connectivity index (χ4n) is 2.42. The Morgan fingerprint density at radius 1 is 1.21 bits per heavy atom. The summed E-state index contributed by atoms with van der Waals surface area (Å²) in [6.45, 7) is 0.441. The molecule has 3 rings (SSSR count). The fourth-order valence-corrected chi connectivity index (χ4v) is 2.59. The second-order valence-corrected chi connectivity index (χ2v) is 5.52. The standard InChI is InChI=1S/C16H12ClF3N2O2/c17-10-5-6-14-13(9-10)22(7-8-24-14)15(23)21-12-4-2-1-3-11(12)16(18,19)20/h1-6,9H,7-8H2,(H,21,23). The second-order valence-electron chi connectivity index (χ2n) is 5.09. The van der Waals surface area contributed by atoms with Gasteiger partial charge in [0.2, 0.25) is 0 Å². The number of fused-ring (bicyclic) bond motifs is 1. The maximum atomic E-state index is 13.0. The Bertz CT molecular complexity index is 780. The van der Waals surface area contributed by atoms with E-state index in [0.717, 1.165) is 6.07 Å². The van der Waals surface area contributed by atoms with Crippen molar-refractivity contribution in [2.45, 2.75) is 6.18 Å². The number of rotatable bonds is 1. The van der Waals surface area contributed by atoms with Gasteiger partial charge in [0.15, 0.2) is 0 Å². The summed E-state index contributed by atoms with van der Waals surface area (Å²) < 4.78 is 44.5. The topological polar surface area (TPSA) is 41.6 Å². The normalized spacial score (nSPS) is 13.9. The van der Waals surface area contributed by atoms with Gasteiger partial charge >= 0.3 is 12.2 Å². The molecular formula is C16H12ClF3N2O2. The third-order valence-electron chi connectivity index (χ3n) is 3.50. The zero-order valence-corrected chi connectivity index (χ0v) is 13.0. The lowest BCUT2D eigenvalue weighted by atomic mass is 10.1. The van der Waals surface area contributed by atoms with Crippen LogP contribution in [0.5, 0.6) is 5.75 Å². The molecule has 0 saturated carbocycles. The molecule has 24 heavy (non-hydrogen) atoms. The molecule has 2 amide bonds. The van der Waals surface area contributed by atoms with E-state index in [-0.39, 0.29) is 18.8 Å². The number of amides is 2. The van der Waals surface area contributed by atoms with Gasteiger partial charge in [-0.05, 0) is 30.3 Å². The van der Waals surface area contributed by atoms with Crippen molar-refractivity contribution < 1.29 is 22.7 Å². The largest absolute Gasteiger partial charge is 0.490 e. The molecule has 8 heteroatoms. The first-order valence-corrected chi connectivity index (χ1v) is 7.41. The number of alkyl halides is 3. The molecule has 2 aromatic carbocycles. The van der Waals surface area contributed by atoms with Crippen LogP contribution in [-0.2, 0) is 6.18 Å². The molecule has 1 N–H and O–H groups in total. The molecule has 0 bridgehead atoms. The summed E-state index contributed by atoms with van der Waals surface area (Å²) in [7, 11) is 0. The van der Waals surface area contributed by atoms with Crippen LogP contribution in [0, 0.1) is 0 Å². The SMILES string of the molecule is O=C(Nc1ccccc1C(F)(F)F)N1CCOc2ccc(Cl)cc21. The summed E-state index contributed by atoms with van der Waals surface area (Å²) in [6.07, 6.45) is -4.56. The molecule has 0 aliphatic carbocycles. The molecule has 1 aliphatic heterocycles. The predicted molar refractivity (Wildman–Crippen MR) is 84.8 cm³/mol. The maximum absolute atomic E-state index is 13.0. The van der Waals surface area contributed by atoms with Crippen molar-refractivity contribution >= 4 is 29.0 Å². The molecule has 0 spiro atoms. The van der Waals surface area contributed by atoms with Crippen molar-refractivity contribution in [1.29, 1.82) is 0 Å². The molecule has 0 saturated heterocycles. The quantitative estimate of drug-likeness (QED) is 0.798. The Balaban J connectivity index is 1.89. The summed E-state index contributed by atoms with van der Waals surface area (Å²) in [4.78, 5) is 13.8. The van der Waals surface area contributed by atoms with E-state index in [1.54, 1.807) is 12.1 Å². The monoisotopic (exact) mass is 356 g/mol. The fraction of sp³-hybridized carbons (Fsp3) is 0.188. The van der Waals surface area contributed by atoms with Crippen LogP contribution in [0.15, 0.2) is 42.5 Å². The van der Waals surface area contributed by atoms with E-state index >= 15 is 0 Å². The Hall–Kier alpha value is -2.41. The number of carbonyl (C=O) groups excluding carboxylic acids is 1. The number of hydrogen-bond donors (Lipinski definition) is 1. The van der Waals surface area contributed by atoms with Crippen molar-refractivity contribution in [3.8, 4) is 5.75 Å². The Morgan fingerprint density at radius 3 is 2.71 bits per heavy atom. The highest BCUT2D eigenvalue weighted by Crippen LogP contribution is 2.36. The minimum Gasteiger partial charge on any atom is -0.490 e. The van der Waals surface area contributed by atoms with Crippen LogP contribution in [0.2, 0.25) is 5.02 Å². The molecule has 0 fully saturated rings. The molecule has 1 aliphatic rings. The van der Waals surface area contributed by atoms with E-state index in [1.807, 2.05) is 0 Å². The Kier molecular flexibility index (Phi) is 4.28. The number of nitrogens with one attached hydrogen (secondary N) is 1. The van der Waals surface area contributed by atoms with E-state index in [9.17, 15) is 18.0 Å². The highest BCUT2D eigenvalue weighted by atomic mass is 35.5. The van der Waals surface area contributed by atoms with Crippen molar-refractivity contribution in [3.63, 3.8) is 0 Å². The summed E-state index contributed by atoms with van der Waals surface area (Å²) in [5.74, 6) is 0.449. The zero-order chi connectivity index (χ0) is 17.3. The average molecular weight is 357 g/mol. The van der Waals surface area contributed by atoms with Crippen LogP contribution in [0.1, 0.15) is 5.56 Å². The molecule has 1 heterocycles. The minimum atomic E-state index is -4.56. The van der Waals surface area contributed by atoms with Crippen molar-refractivity contribution in [2.75, 3.05) is 23.4 Å². The summed E-state index contributed by atoms with van der Waals surface area (Å²) >= 11 is 5.93. The molecule has 0 radical (unpaired) electrons. The number of carbonyl (C=O) groups is 1. The van der Waals surface area contributed by atoms with Crippen molar-refractivity contribution in [1.82, 2.24) is 0 Å². The Morgan fingerprint density at radius 2 is 1.96 bits per heavy atom. The first kappa shape index (κ1) is 16.4. The predicted octanol–water partition coefficient (Wildman–Crippen LogP) is 4.79. The van der Waals surface area contributed by atoms with Gasteiger partial charge in [-0.15, -0.1) is 0 Å². The van der Waals surface area contributed by atoms with Crippen molar-refractivity contribution in [3.05, 3.63) is 53.1 Å². The van der Waals surface area contributed by atoms with E-state index in [2.05, 4.69) is 5.32 Å². The van der Waals surface area contributed by atoms with E-state index in [1.165, 1.54) is 29.2 Å². The average Bonchev–Trinajstić information content (AvgIpc) is 2.53. The number of para-hydroxylation sites is 1. The van der Waals surface area contributed by atoms with Gasteiger partial charge in [0.1, 0.15) is 12.4 Å². The number of hydrogen-bond acceptors (Lipinski definition) is 2. The molecule has 4 nitrogen and oxygen atoms in total. The molecule has 2 aromatic rings. The van der Waals surface area contributed by atoms with Gasteiger partial charge in [-0.2, -0.15) is 13.2 Å². The highest BCUT2D eigenvalue weighted by Gasteiger charge is 2.34. The summed E-state index contributed by atoms with van der Waals surface area (Å²) in [5.41, 5.74) is -0.793. The van der Waals surface area contributed by atoms with E-state index < -0.39 is 17.8 Å². The van der Waals surface area contributed by atoms with Gasteiger partial charge in [0.05, 0.1) is 23.5 Å². The minimum absolute atomic E-state index is 0.202. The van der Waals surface area contributed by atoms with Crippen LogP contribution in [-0.4, -0.2) is 19.2 Å². The van der Waals surface area contributed by atoms with E-state index in [0.29, 0.717) is 16.5 Å². The van der Waals surface area contributed by atoms with Gasteiger partial charge in [-0.1, -0.05) is 23.7 Å². The molecule has 0 aromatic heterocycles. The maximum Gasteiger partial charge on any atom is 0.418 e. The number of ether oxygens (including phenoxy) is 1. The molecule has 126 valence electrons. The first-order chi connectivity index (χ1) is 11.4. The van der Waals surface area contributed by atoms with Gasteiger partial charge in [-0.25, -0.2) is 4.79 Å². The van der Waals surface area contributed by atoms with Gasteiger partial charge in [-0.3, -0.25) is 4.90 Å². The second kappa shape index (κ2) is 6.24. The summed E-state index contributed by atoms with van der Waals surface area (Å²) in [6, 6.07) is 8.89. The van der Waals surface area contributed by atoms with Gasteiger partial charge < -0.3 is 10.1 Å². The van der Waals surface area contributed by atoms with E-state index in [4.69, 9.17) is 16.3 Å². The number of benzene rings is 2.